The summed E-state index contributed by atoms with van der Waals surface area (Å²) in [5.74, 6) is 0. The van der Waals surface area contributed by atoms with Gasteiger partial charge >= 0.3 is 0 Å². The number of aromatic nitrogens is 2. The van der Waals surface area contributed by atoms with Gasteiger partial charge in [-0.1, -0.05) is 31.2 Å². The lowest BCUT2D eigenvalue weighted by atomic mass is 10.1. The van der Waals surface area contributed by atoms with E-state index in [0.29, 0.717) is 0 Å². The zero-order chi connectivity index (χ0) is 11.7. The van der Waals surface area contributed by atoms with E-state index in [1.54, 1.807) is 0 Å². The van der Waals surface area contributed by atoms with E-state index < -0.39 is 0 Å². The van der Waals surface area contributed by atoms with Gasteiger partial charge in [0, 0.05) is 12.6 Å². The van der Waals surface area contributed by atoms with Crippen LogP contribution in [0.15, 0.2) is 33.3 Å². The molecule has 0 bridgehead atoms. The predicted molar refractivity (Wildman–Crippen MR) is 73.4 cm³/mol. The van der Waals surface area contributed by atoms with E-state index in [-0.39, 0.29) is 0 Å². The molecule has 2 nitrogen and oxygen atoms in total. The zero-order valence-corrected chi connectivity index (χ0v) is 12.3. The van der Waals surface area contributed by atoms with Crippen molar-refractivity contribution in [3.63, 3.8) is 0 Å². The van der Waals surface area contributed by atoms with Crippen LogP contribution in [0.25, 0.3) is 11.3 Å². The molecule has 84 valence electrons. The maximum absolute atomic E-state index is 4.32. The summed E-state index contributed by atoms with van der Waals surface area (Å²) in [6.45, 7) is 2.16. The smallest absolute Gasteiger partial charge is 0.142 e. The summed E-state index contributed by atoms with van der Waals surface area (Å²) < 4.78 is 3.71. The molecule has 4 heteroatoms. The van der Waals surface area contributed by atoms with Gasteiger partial charge in [0.15, 0.2) is 0 Å². The first-order chi connectivity index (χ1) is 7.63. The molecule has 1 heterocycles. The Kier molecular flexibility index (Phi) is 3.50. The Morgan fingerprint density at radius 3 is 2.25 bits per heavy atom. The Labute approximate surface area is 112 Å². The molecule has 16 heavy (non-hydrogen) atoms. The van der Waals surface area contributed by atoms with Crippen LogP contribution in [0.4, 0.5) is 0 Å². The van der Waals surface area contributed by atoms with Gasteiger partial charge in [0.05, 0.1) is 10.2 Å². The van der Waals surface area contributed by atoms with Crippen LogP contribution in [0.1, 0.15) is 12.5 Å². The number of hydrogen-bond acceptors (Lipinski definition) is 1. The van der Waals surface area contributed by atoms with Gasteiger partial charge in [-0.2, -0.15) is 5.10 Å². The number of hydrogen-bond donors (Lipinski definition) is 0. The molecule has 0 radical (unpaired) electrons. The minimum Gasteiger partial charge on any atom is -0.266 e. The Morgan fingerprint density at radius 2 is 1.81 bits per heavy atom. The molecule has 0 fully saturated rings. The SMILES string of the molecule is CCc1ccc(-c2c(Br)c(Br)nn2C)cc1. The van der Waals surface area contributed by atoms with E-state index in [9.17, 15) is 0 Å². The summed E-state index contributed by atoms with van der Waals surface area (Å²) >= 11 is 6.96. The highest BCUT2D eigenvalue weighted by Crippen LogP contribution is 2.33. The molecule has 0 atom stereocenters. The van der Waals surface area contributed by atoms with E-state index in [1.165, 1.54) is 11.1 Å². The van der Waals surface area contributed by atoms with Crippen LogP contribution in [0, 0.1) is 0 Å². The van der Waals surface area contributed by atoms with Crippen molar-refractivity contribution in [2.24, 2.45) is 7.05 Å². The van der Waals surface area contributed by atoms with E-state index in [4.69, 9.17) is 0 Å². The third-order valence-corrected chi connectivity index (χ3v) is 4.42. The van der Waals surface area contributed by atoms with Crippen molar-refractivity contribution < 1.29 is 0 Å². The summed E-state index contributed by atoms with van der Waals surface area (Å²) in [7, 11) is 1.94. The van der Waals surface area contributed by atoms with Crippen molar-refractivity contribution in [2.45, 2.75) is 13.3 Å². The van der Waals surface area contributed by atoms with Crippen molar-refractivity contribution in [3.8, 4) is 11.3 Å². The number of aryl methyl sites for hydroxylation is 2. The highest BCUT2D eigenvalue weighted by atomic mass is 79.9. The van der Waals surface area contributed by atoms with Gasteiger partial charge in [-0.05, 0) is 43.8 Å². The second-order valence-electron chi connectivity index (χ2n) is 3.63. The average molecular weight is 344 g/mol. The maximum atomic E-state index is 4.32. The normalized spacial score (nSPS) is 10.8. The van der Waals surface area contributed by atoms with E-state index in [2.05, 4.69) is 68.1 Å². The molecule has 2 aromatic rings. The van der Waals surface area contributed by atoms with Crippen molar-refractivity contribution in [3.05, 3.63) is 38.9 Å². The largest absolute Gasteiger partial charge is 0.266 e. The first kappa shape index (κ1) is 11.9. The summed E-state index contributed by atoms with van der Waals surface area (Å²) in [5, 5.41) is 4.32. The van der Waals surface area contributed by atoms with Crippen LogP contribution >= 0.6 is 31.9 Å². The molecule has 1 aromatic carbocycles. The molecule has 0 N–H and O–H groups in total. The highest BCUT2D eigenvalue weighted by Gasteiger charge is 2.13. The molecule has 0 unspecified atom stereocenters. The Morgan fingerprint density at radius 1 is 1.19 bits per heavy atom. The van der Waals surface area contributed by atoms with Crippen LogP contribution in [0.2, 0.25) is 0 Å². The Balaban J connectivity index is 2.50. The lowest BCUT2D eigenvalue weighted by molar-refractivity contribution is 0.768. The molecule has 0 spiro atoms. The third-order valence-electron chi connectivity index (χ3n) is 2.59. The summed E-state index contributed by atoms with van der Waals surface area (Å²) in [6.07, 6.45) is 1.07. The monoisotopic (exact) mass is 342 g/mol. The van der Waals surface area contributed by atoms with Crippen LogP contribution in [-0.2, 0) is 13.5 Å². The second kappa shape index (κ2) is 4.72. The number of halogens is 2. The molecule has 2 rings (SSSR count). The van der Waals surface area contributed by atoms with Gasteiger partial charge in [0.25, 0.3) is 0 Å². The quantitative estimate of drug-likeness (QED) is 0.800. The standard InChI is InChI=1S/C12H12Br2N2/c1-3-8-4-6-9(7-5-8)11-10(13)12(14)15-16(11)2/h4-7H,3H2,1-2H3. The highest BCUT2D eigenvalue weighted by molar-refractivity contribution is 9.13. The van der Waals surface area contributed by atoms with Gasteiger partial charge in [-0.25, -0.2) is 0 Å². The van der Waals surface area contributed by atoms with E-state index >= 15 is 0 Å². The summed E-state index contributed by atoms with van der Waals surface area (Å²) in [6, 6.07) is 8.57. The second-order valence-corrected chi connectivity index (χ2v) is 5.17. The topological polar surface area (TPSA) is 17.8 Å². The average Bonchev–Trinajstić information content (AvgIpc) is 2.54. The Hall–Kier alpha value is -0.610. The summed E-state index contributed by atoms with van der Waals surface area (Å²) in [5.41, 5.74) is 3.61. The molecular weight excluding hydrogens is 332 g/mol. The molecule has 0 amide bonds. The van der Waals surface area contributed by atoms with Crippen molar-refractivity contribution in [2.75, 3.05) is 0 Å². The summed E-state index contributed by atoms with van der Waals surface area (Å²) in [4.78, 5) is 0. The third kappa shape index (κ3) is 2.09. The van der Waals surface area contributed by atoms with Crippen molar-refractivity contribution >= 4 is 31.9 Å². The number of benzene rings is 1. The minimum atomic E-state index is 0.838. The fourth-order valence-electron chi connectivity index (χ4n) is 1.68. The van der Waals surface area contributed by atoms with Crippen LogP contribution in [0.5, 0.6) is 0 Å². The lowest BCUT2D eigenvalue weighted by Gasteiger charge is -2.04. The van der Waals surface area contributed by atoms with Crippen LogP contribution in [-0.4, -0.2) is 9.78 Å². The van der Waals surface area contributed by atoms with Crippen molar-refractivity contribution in [1.82, 2.24) is 9.78 Å². The molecule has 1 aromatic heterocycles. The first-order valence-corrected chi connectivity index (χ1v) is 6.69. The van der Waals surface area contributed by atoms with Gasteiger partial charge in [0.1, 0.15) is 4.60 Å². The molecule has 0 aliphatic carbocycles. The number of rotatable bonds is 2. The van der Waals surface area contributed by atoms with Crippen LogP contribution in [0.3, 0.4) is 0 Å². The lowest BCUT2D eigenvalue weighted by Crippen LogP contribution is -1.94. The molecule has 0 saturated heterocycles. The fraction of sp³-hybridized carbons (Fsp3) is 0.250. The molecule has 0 aliphatic rings. The molecule has 0 aliphatic heterocycles. The van der Waals surface area contributed by atoms with Gasteiger partial charge < -0.3 is 0 Å². The Bertz CT molecular complexity index is 500. The first-order valence-electron chi connectivity index (χ1n) is 5.10. The van der Waals surface area contributed by atoms with Gasteiger partial charge in [-0.3, -0.25) is 4.68 Å². The number of nitrogens with zero attached hydrogens (tertiary/aromatic N) is 2. The van der Waals surface area contributed by atoms with E-state index in [0.717, 1.165) is 21.2 Å². The zero-order valence-electron chi connectivity index (χ0n) is 9.17. The predicted octanol–water partition coefficient (Wildman–Crippen LogP) is 4.17. The van der Waals surface area contributed by atoms with Crippen LogP contribution < -0.4 is 0 Å². The molecular formula is C12H12Br2N2. The van der Waals surface area contributed by atoms with E-state index in [1.807, 2.05) is 11.7 Å². The van der Waals surface area contributed by atoms with Crippen molar-refractivity contribution in [1.29, 1.82) is 0 Å². The molecule has 0 saturated carbocycles. The van der Waals surface area contributed by atoms with Gasteiger partial charge in [-0.15, -0.1) is 0 Å². The maximum Gasteiger partial charge on any atom is 0.142 e. The minimum absolute atomic E-state index is 0.838. The van der Waals surface area contributed by atoms with Gasteiger partial charge in [0.2, 0.25) is 0 Å². The fourth-order valence-corrected chi connectivity index (χ4v) is 2.67.